The van der Waals surface area contributed by atoms with Crippen molar-refractivity contribution in [2.75, 3.05) is 7.11 Å². The maximum Gasteiger partial charge on any atom is 0.338 e. The summed E-state index contributed by atoms with van der Waals surface area (Å²) in [6, 6.07) is 5.55. The Morgan fingerprint density at radius 3 is 2.80 bits per heavy atom. The van der Waals surface area contributed by atoms with Gasteiger partial charge in [-0.25, -0.2) is 4.79 Å². The summed E-state index contributed by atoms with van der Waals surface area (Å²) in [6.07, 6.45) is 5.33. The molecule has 0 fully saturated rings. The maximum atomic E-state index is 11.5. The molecule has 0 bridgehead atoms. The first-order valence-electron chi connectivity index (χ1n) is 4.67. The number of aryl methyl sites for hydroxylation is 1. The number of carbonyl (C=O) groups excluding carboxylic acids is 1. The zero-order chi connectivity index (χ0) is 11.3. The Bertz CT molecular complexity index is 403. The van der Waals surface area contributed by atoms with Gasteiger partial charge in [0.05, 0.1) is 12.7 Å². The van der Waals surface area contributed by atoms with Crippen LogP contribution in [0.2, 0.25) is 0 Å². The average molecular weight is 202 g/mol. The molecular formula is C13H14O2. The van der Waals surface area contributed by atoms with Crippen LogP contribution in [0, 0.1) is 6.92 Å². The summed E-state index contributed by atoms with van der Waals surface area (Å²) in [5, 5.41) is 0. The van der Waals surface area contributed by atoms with Gasteiger partial charge in [0.2, 0.25) is 0 Å². The topological polar surface area (TPSA) is 26.3 Å². The molecule has 0 aromatic heterocycles. The van der Waals surface area contributed by atoms with Crippen LogP contribution in [-0.2, 0) is 4.74 Å². The van der Waals surface area contributed by atoms with E-state index in [0.717, 1.165) is 11.1 Å². The minimum absolute atomic E-state index is 0.317. The normalized spacial score (nSPS) is 10.3. The summed E-state index contributed by atoms with van der Waals surface area (Å²) < 4.78 is 4.71. The van der Waals surface area contributed by atoms with E-state index in [-0.39, 0.29) is 5.97 Å². The highest BCUT2D eigenvalue weighted by Crippen LogP contribution is 2.17. The van der Waals surface area contributed by atoms with Gasteiger partial charge < -0.3 is 4.74 Å². The molecule has 0 saturated heterocycles. The monoisotopic (exact) mass is 202 g/mol. The summed E-state index contributed by atoms with van der Waals surface area (Å²) in [7, 11) is 1.38. The molecule has 0 N–H and O–H groups in total. The number of hydrogen-bond donors (Lipinski definition) is 0. The van der Waals surface area contributed by atoms with E-state index >= 15 is 0 Å². The third kappa shape index (κ3) is 2.56. The SMILES string of the molecule is C=C/C=C\c1c(C)cccc1C(=O)OC. The fourth-order valence-corrected chi connectivity index (χ4v) is 1.35. The van der Waals surface area contributed by atoms with Crippen molar-refractivity contribution in [2.45, 2.75) is 6.92 Å². The second kappa shape index (κ2) is 5.15. The van der Waals surface area contributed by atoms with Crippen molar-refractivity contribution in [3.05, 3.63) is 53.6 Å². The molecule has 2 heteroatoms. The second-order valence-corrected chi connectivity index (χ2v) is 3.12. The number of benzene rings is 1. The molecule has 0 aliphatic heterocycles. The van der Waals surface area contributed by atoms with Crippen LogP contribution in [0.4, 0.5) is 0 Å². The van der Waals surface area contributed by atoms with Crippen LogP contribution >= 0.6 is 0 Å². The van der Waals surface area contributed by atoms with Crippen molar-refractivity contribution in [3.8, 4) is 0 Å². The lowest BCUT2D eigenvalue weighted by Crippen LogP contribution is -2.04. The number of rotatable bonds is 3. The standard InChI is InChI=1S/C13H14O2/c1-4-5-8-11-10(2)7-6-9-12(11)13(14)15-3/h4-9H,1H2,2-3H3/b8-5-. The summed E-state index contributed by atoms with van der Waals surface area (Å²) >= 11 is 0. The number of hydrogen-bond acceptors (Lipinski definition) is 2. The van der Waals surface area contributed by atoms with E-state index in [1.54, 1.807) is 18.2 Å². The van der Waals surface area contributed by atoms with E-state index in [4.69, 9.17) is 4.74 Å². The van der Waals surface area contributed by atoms with Gasteiger partial charge in [0, 0.05) is 0 Å². The molecule has 1 aromatic rings. The molecule has 0 spiro atoms. The van der Waals surface area contributed by atoms with Gasteiger partial charge in [-0.15, -0.1) is 0 Å². The first kappa shape index (κ1) is 11.2. The van der Waals surface area contributed by atoms with Crippen molar-refractivity contribution in [3.63, 3.8) is 0 Å². The van der Waals surface area contributed by atoms with Gasteiger partial charge >= 0.3 is 5.97 Å². The molecule has 0 unspecified atom stereocenters. The van der Waals surface area contributed by atoms with Crippen molar-refractivity contribution >= 4 is 12.0 Å². The number of ether oxygens (including phenoxy) is 1. The van der Waals surface area contributed by atoms with E-state index in [1.807, 2.05) is 25.1 Å². The highest BCUT2D eigenvalue weighted by atomic mass is 16.5. The fourth-order valence-electron chi connectivity index (χ4n) is 1.35. The van der Waals surface area contributed by atoms with Crippen LogP contribution in [0.5, 0.6) is 0 Å². The predicted molar refractivity (Wildman–Crippen MR) is 61.7 cm³/mol. The van der Waals surface area contributed by atoms with Crippen LogP contribution in [0.25, 0.3) is 6.08 Å². The molecule has 78 valence electrons. The Morgan fingerprint density at radius 2 is 2.20 bits per heavy atom. The molecule has 0 radical (unpaired) electrons. The molecule has 0 heterocycles. The minimum Gasteiger partial charge on any atom is -0.465 e. The van der Waals surface area contributed by atoms with Crippen LogP contribution < -0.4 is 0 Å². The molecule has 0 atom stereocenters. The lowest BCUT2D eigenvalue weighted by atomic mass is 10.0. The highest BCUT2D eigenvalue weighted by molar-refractivity contribution is 5.94. The Labute approximate surface area is 89.9 Å². The minimum atomic E-state index is -0.317. The van der Waals surface area contributed by atoms with Gasteiger partial charge in [0.15, 0.2) is 0 Å². The van der Waals surface area contributed by atoms with E-state index in [0.29, 0.717) is 5.56 Å². The number of allylic oxidation sites excluding steroid dienone is 2. The van der Waals surface area contributed by atoms with Crippen molar-refractivity contribution in [1.82, 2.24) is 0 Å². The van der Waals surface area contributed by atoms with Gasteiger partial charge in [-0.1, -0.05) is 36.9 Å². The predicted octanol–water partition coefficient (Wildman–Crippen LogP) is 2.98. The summed E-state index contributed by atoms with van der Waals surface area (Å²) in [5.41, 5.74) is 2.50. The molecule has 0 saturated carbocycles. The number of esters is 1. The van der Waals surface area contributed by atoms with Crippen LogP contribution in [0.15, 0.2) is 36.9 Å². The van der Waals surface area contributed by atoms with E-state index in [2.05, 4.69) is 6.58 Å². The first-order valence-corrected chi connectivity index (χ1v) is 4.67. The third-order valence-corrected chi connectivity index (χ3v) is 2.13. The lowest BCUT2D eigenvalue weighted by Gasteiger charge is -2.06. The van der Waals surface area contributed by atoms with Gasteiger partial charge in [0.1, 0.15) is 0 Å². The largest absolute Gasteiger partial charge is 0.465 e. The Kier molecular flexibility index (Phi) is 3.86. The van der Waals surface area contributed by atoms with Crippen LogP contribution in [0.1, 0.15) is 21.5 Å². The molecule has 0 amide bonds. The molecule has 15 heavy (non-hydrogen) atoms. The molecule has 1 rings (SSSR count). The van der Waals surface area contributed by atoms with Gasteiger partial charge in [-0.3, -0.25) is 0 Å². The smallest absolute Gasteiger partial charge is 0.338 e. The van der Waals surface area contributed by atoms with E-state index in [1.165, 1.54) is 7.11 Å². The van der Waals surface area contributed by atoms with Crippen molar-refractivity contribution < 1.29 is 9.53 Å². The quantitative estimate of drug-likeness (QED) is 0.556. The second-order valence-electron chi connectivity index (χ2n) is 3.12. The molecule has 0 aliphatic rings. The number of carbonyl (C=O) groups is 1. The Hall–Kier alpha value is -1.83. The first-order chi connectivity index (χ1) is 7.20. The molecule has 1 aromatic carbocycles. The molecular weight excluding hydrogens is 188 g/mol. The van der Waals surface area contributed by atoms with Gasteiger partial charge in [0.25, 0.3) is 0 Å². The molecule has 0 aliphatic carbocycles. The van der Waals surface area contributed by atoms with Gasteiger partial charge in [-0.05, 0) is 24.1 Å². The summed E-state index contributed by atoms with van der Waals surface area (Å²) in [6.45, 7) is 5.55. The Morgan fingerprint density at radius 1 is 1.47 bits per heavy atom. The van der Waals surface area contributed by atoms with Crippen molar-refractivity contribution in [2.24, 2.45) is 0 Å². The Balaban J connectivity index is 3.25. The van der Waals surface area contributed by atoms with E-state index < -0.39 is 0 Å². The maximum absolute atomic E-state index is 11.5. The summed E-state index contributed by atoms with van der Waals surface area (Å²) in [5.74, 6) is -0.317. The summed E-state index contributed by atoms with van der Waals surface area (Å²) in [4.78, 5) is 11.5. The lowest BCUT2D eigenvalue weighted by molar-refractivity contribution is 0.0600. The number of methoxy groups -OCH3 is 1. The van der Waals surface area contributed by atoms with Crippen LogP contribution in [-0.4, -0.2) is 13.1 Å². The zero-order valence-electron chi connectivity index (χ0n) is 8.99. The average Bonchev–Trinajstić information content (AvgIpc) is 2.26. The third-order valence-electron chi connectivity index (χ3n) is 2.13. The van der Waals surface area contributed by atoms with E-state index in [9.17, 15) is 4.79 Å². The molecule has 2 nitrogen and oxygen atoms in total. The highest BCUT2D eigenvalue weighted by Gasteiger charge is 2.10. The van der Waals surface area contributed by atoms with Crippen molar-refractivity contribution in [1.29, 1.82) is 0 Å². The zero-order valence-corrected chi connectivity index (χ0v) is 8.99. The fraction of sp³-hybridized carbons (Fsp3) is 0.154. The van der Waals surface area contributed by atoms with Crippen LogP contribution in [0.3, 0.4) is 0 Å². The van der Waals surface area contributed by atoms with Gasteiger partial charge in [-0.2, -0.15) is 0 Å².